The Morgan fingerprint density at radius 3 is 2.35 bits per heavy atom. The van der Waals surface area contributed by atoms with Gasteiger partial charge in [0.15, 0.2) is 0 Å². The first-order chi connectivity index (χ1) is 25.3. The van der Waals surface area contributed by atoms with Gasteiger partial charge in [-0.05, 0) is 85.5 Å². The van der Waals surface area contributed by atoms with Gasteiger partial charge >= 0.3 is 6.09 Å². The maximum Gasteiger partial charge on any atom is 0.411 e. The van der Waals surface area contributed by atoms with Gasteiger partial charge in [0, 0.05) is 63.6 Å². The molecule has 1 saturated heterocycles. The Balaban J connectivity index is 0.959. The molecule has 2 heterocycles. The van der Waals surface area contributed by atoms with Crippen LogP contribution in [0.4, 0.5) is 10.5 Å². The number of para-hydroxylation sites is 1. The zero-order valence-corrected chi connectivity index (χ0v) is 29.7. The van der Waals surface area contributed by atoms with Crippen LogP contribution in [0.15, 0.2) is 103 Å². The number of ether oxygens (including phenoxy) is 1. The second-order valence-electron chi connectivity index (χ2n) is 13.2. The van der Waals surface area contributed by atoms with Gasteiger partial charge in [0.25, 0.3) is 0 Å². The van der Waals surface area contributed by atoms with E-state index in [1.54, 1.807) is 29.4 Å². The standard InChI is InChI=1S/C41H50N6O5/c42-37(29-31-17-23-43-24-18-31)40(50)47(30-32-13-15-34(48)16-14-32)25-8-2-7-22-44-39(49)21-28-46-26-19-35(20-27-46)52-41(51)45-38-12-6-5-11-36(38)33-9-3-1-4-10-33/h1,3-6,9-18,23-24,35,37,48H,2,7-8,19-22,25-30,42H2,(H,44,49)(H,45,51)/t37-/m1/s1. The van der Waals surface area contributed by atoms with Crippen LogP contribution in [0.2, 0.25) is 0 Å². The second-order valence-corrected chi connectivity index (χ2v) is 13.2. The highest BCUT2D eigenvalue weighted by atomic mass is 16.6. The number of phenols is 1. The van der Waals surface area contributed by atoms with E-state index in [-0.39, 0.29) is 23.7 Å². The van der Waals surface area contributed by atoms with Crippen LogP contribution < -0.4 is 16.4 Å². The van der Waals surface area contributed by atoms with Crippen LogP contribution in [0.1, 0.15) is 49.7 Å². The Morgan fingerprint density at radius 1 is 0.885 bits per heavy atom. The van der Waals surface area contributed by atoms with E-state index in [9.17, 15) is 19.5 Å². The highest BCUT2D eigenvalue weighted by Gasteiger charge is 2.24. The third-order valence-corrected chi connectivity index (χ3v) is 9.28. The summed E-state index contributed by atoms with van der Waals surface area (Å²) < 4.78 is 5.75. The van der Waals surface area contributed by atoms with Gasteiger partial charge in [-0.2, -0.15) is 0 Å². The average Bonchev–Trinajstić information content (AvgIpc) is 3.17. The Hall–Kier alpha value is -5.26. The first-order valence-corrected chi connectivity index (χ1v) is 18.2. The molecule has 52 heavy (non-hydrogen) atoms. The van der Waals surface area contributed by atoms with Gasteiger partial charge in [0.05, 0.1) is 11.7 Å². The summed E-state index contributed by atoms with van der Waals surface area (Å²) in [5.41, 5.74) is 10.9. The van der Waals surface area contributed by atoms with E-state index < -0.39 is 12.1 Å². The number of rotatable bonds is 17. The molecule has 0 bridgehead atoms. The molecule has 11 nitrogen and oxygen atoms in total. The SMILES string of the molecule is N[C@H](Cc1ccncc1)C(=O)N(CCCCCNC(=O)CCN1CCC(OC(=O)Nc2ccccc2-c2ccccc2)CC1)Cc1ccc(O)cc1. The molecule has 5 rings (SSSR count). The fraction of sp³-hybridized carbons (Fsp3) is 0.366. The van der Waals surface area contributed by atoms with Gasteiger partial charge in [-0.25, -0.2) is 4.79 Å². The summed E-state index contributed by atoms with van der Waals surface area (Å²) >= 11 is 0. The van der Waals surface area contributed by atoms with E-state index in [0.717, 1.165) is 67.4 Å². The summed E-state index contributed by atoms with van der Waals surface area (Å²) in [6, 6.07) is 27.5. The van der Waals surface area contributed by atoms with Crippen molar-refractivity contribution < 1.29 is 24.2 Å². The topological polar surface area (TPSA) is 150 Å². The number of anilines is 1. The van der Waals surface area contributed by atoms with Gasteiger partial charge in [0.1, 0.15) is 11.9 Å². The molecule has 1 atom stereocenters. The number of piperidine rings is 1. The minimum Gasteiger partial charge on any atom is -0.508 e. The normalized spacial score (nSPS) is 13.9. The van der Waals surface area contributed by atoms with Crippen molar-refractivity contribution in [1.82, 2.24) is 20.1 Å². The fourth-order valence-corrected chi connectivity index (χ4v) is 6.37. The van der Waals surface area contributed by atoms with E-state index in [4.69, 9.17) is 10.5 Å². The Kier molecular flexibility index (Phi) is 14.6. The van der Waals surface area contributed by atoms with Crippen LogP contribution in [-0.2, 0) is 27.3 Å². The zero-order chi connectivity index (χ0) is 36.5. The number of likely N-dealkylation sites (tertiary alicyclic amines) is 1. The van der Waals surface area contributed by atoms with Crippen LogP contribution in [0.3, 0.4) is 0 Å². The van der Waals surface area contributed by atoms with Crippen molar-refractivity contribution in [3.8, 4) is 16.9 Å². The molecule has 5 N–H and O–H groups in total. The van der Waals surface area contributed by atoms with Crippen molar-refractivity contribution in [2.24, 2.45) is 5.73 Å². The lowest BCUT2D eigenvalue weighted by Crippen LogP contribution is -2.45. The maximum absolute atomic E-state index is 13.4. The number of pyridine rings is 1. The molecule has 0 saturated carbocycles. The van der Waals surface area contributed by atoms with Crippen molar-refractivity contribution in [3.63, 3.8) is 0 Å². The fourth-order valence-electron chi connectivity index (χ4n) is 6.37. The van der Waals surface area contributed by atoms with Gasteiger partial charge in [0.2, 0.25) is 11.8 Å². The number of aromatic hydroxyl groups is 1. The largest absolute Gasteiger partial charge is 0.508 e. The predicted molar refractivity (Wildman–Crippen MR) is 202 cm³/mol. The molecule has 274 valence electrons. The minimum absolute atomic E-state index is 0.0149. The van der Waals surface area contributed by atoms with Crippen LogP contribution in [0.5, 0.6) is 5.75 Å². The van der Waals surface area contributed by atoms with Gasteiger partial charge in [-0.1, -0.05) is 60.7 Å². The zero-order valence-electron chi connectivity index (χ0n) is 29.7. The van der Waals surface area contributed by atoms with Gasteiger partial charge in [-0.3, -0.25) is 19.9 Å². The summed E-state index contributed by atoms with van der Waals surface area (Å²) in [5, 5.41) is 15.6. The van der Waals surface area contributed by atoms with Crippen molar-refractivity contribution in [3.05, 3.63) is 115 Å². The summed E-state index contributed by atoms with van der Waals surface area (Å²) in [4.78, 5) is 46.7. The first kappa shape index (κ1) is 38.0. The van der Waals surface area contributed by atoms with Crippen LogP contribution in [0.25, 0.3) is 11.1 Å². The Labute approximate surface area is 306 Å². The monoisotopic (exact) mass is 706 g/mol. The van der Waals surface area contributed by atoms with E-state index >= 15 is 0 Å². The summed E-state index contributed by atoms with van der Waals surface area (Å²) in [6.07, 6.45) is 7.45. The highest BCUT2D eigenvalue weighted by Crippen LogP contribution is 2.28. The summed E-state index contributed by atoms with van der Waals surface area (Å²) in [5.74, 6) is 0.0682. The number of nitrogens with one attached hydrogen (secondary N) is 2. The number of benzene rings is 3. The van der Waals surface area contributed by atoms with Gasteiger partial charge in [-0.15, -0.1) is 0 Å². The molecule has 11 heteroatoms. The molecule has 3 amide bonds. The van der Waals surface area contributed by atoms with E-state index in [1.807, 2.05) is 78.9 Å². The second kappa shape index (κ2) is 20.0. The molecule has 1 aliphatic rings. The molecule has 1 fully saturated rings. The van der Waals surface area contributed by atoms with Crippen LogP contribution in [0, 0.1) is 0 Å². The summed E-state index contributed by atoms with van der Waals surface area (Å²) in [6.45, 7) is 3.70. The number of aromatic nitrogens is 1. The van der Waals surface area contributed by atoms with Crippen LogP contribution >= 0.6 is 0 Å². The quantitative estimate of drug-likeness (QED) is 0.102. The van der Waals surface area contributed by atoms with Crippen molar-refractivity contribution in [1.29, 1.82) is 0 Å². The van der Waals surface area contributed by atoms with Crippen molar-refractivity contribution in [2.45, 2.75) is 63.6 Å². The molecule has 1 aliphatic heterocycles. The number of nitrogens with two attached hydrogens (primary N) is 1. The first-order valence-electron chi connectivity index (χ1n) is 18.2. The lowest BCUT2D eigenvalue weighted by atomic mass is 10.0. The minimum atomic E-state index is -0.676. The van der Waals surface area contributed by atoms with E-state index in [2.05, 4.69) is 20.5 Å². The molecule has 3 aromatic carbocycles. The molecular formula is C41H50N6O5. The number of amides is 3. The average molecular weight is 707 g/mol. The molecule has 4 aromatic rings. The van der Waals surface area contributed by atoms with E-state index in [0.29, 0.717) is 44.7 Å². The molecule has 0 spiro atoms. The maximum atomic E-state index is 13.4. The summed E-state index contributed by atoms with van der Waals surface area (Å²) in [7, 11) is 0. The molecule has 0 radical (unpaired) electrons. The number of unbranched alkanes of at least 4 members (excludes halogenated alkanes) is 2. The number of carbonyl (C=O) groups is 3. The Morgan fingerprint density at radius 2 is 1.60 bits per heavy atom. The van der Waals surface area contributed by atoms with Crippen molar-refractivity contribution >= 4 is 23.6 Å². The third-order valence-electron chi connectivity index (χ3n) is 9.28. The highest BCUT2D eigenvalue weighted by molar-refractivity contribution is 5.91. The number of hydrogen-bond acceptors (Lipinski definition) is 8. The van der Waals surface area contributed by atoms with Gasteiger partial charge < -0.3 is 30.7 Å². The number of phenolic OH excluding ortho intramolecular Hbond substituents is 1. The van der Waals surface area contributed by atoms with E-state index in [1.165, 1.54) is 0 Å². The predicted octanol–water partition coefficient (Wildman–Crippen LogP) is 5.74. The number of carbonyl (C=O) groups excluding carboxylic acids is 3. The smallest absolute Gasteiger partial charge is 0.411 e. The Bertz CT molecular complexity index is 1700. The molecule has 1 aromatic heterocycles. The van der Waals surface area contributed by atoms with Crippen molar-refractivity contribution in [2.75, 3.05) is 38.0 Å². The van der Waals surface area contributed by atoms with Crippen LogP contribution in [-0.4, -0.2) is 82.7 Å². The third kappa shape index (κ3) is 12.2. The number of hydrogen-bond donors (Lipinski definition) is 4. The molecule has 0 unspecified atom stereocenters. The number of nitrogens with zero attached hydrogens (tertiary/aromatic N) is 3. The molecular weight excluding hydrogens is 656 g/mol. The lowest BCUT2D eigenvalue weighted by molar-refractivity contribution is -0.133. The lowest BCUT2D eigenvalue weighted by Gasteiger charge is -2.31. The molecule has 0 aliphatic carbocycles.